The van der Waals surface area contributed by atoms with Crippen LogP contribution in [0.25, 0.3) is 0 Å². The van der Waals surface area contributed by atoms with Crippen LogP contribution in [0, 0.1) is 0 Å². The predicted octanol–water partition coefficient (Wildman–Crippen LogP) is 4.87. The number of esters is 1. The van der Waals surface area contributed by atoms with Gasteiger partial charge in [-0.05, 0) is 36.8 Å². The number of ether oxygens (including phenoxy) is 2. The van der Waals surface area contributed by atoms with Crippen molar-refractivity contribution in [2.24, 2.45) is 0 Å². The summed E-state index contributed by atoms with van der Waals surface area (Å²) in [7, 11) is 0. The molecular formula is C24H27NO4. The minimum Gasteiger partial charge on any atom is -0.459 e. The predicted molar refractivity (Wildman–Crippen MR) is 111 cm³/mol. The molecule has 5 nitrogen and oxygen atoms in total. The molecule has 0 unspecified atom stereocenters. The molecular weight excluding hydrogens is 366 g/mol. The molecule has 152 valence electrons. The summed E-state index contributed by atoms with van der Waals surface area (Å²) in [6, 6.07) is 18.3. The van der Waals surface area contributed by atoms with Crippen molar-refractivity contribution in [1.82, 2.24) is 4.90 Å². The lowest BCUT2D eigenvalue weighted by Crippen LogP contribution is -2.53. The molecule has 0 bridgehead atoms. The third kappa shape index (κ3) is 5.70. The van der Waals surface area contributed by atoms with Crippen LogP contribution in [-0.4, -0.2) is 29.0 Å². The minimum atomic E-state index is -0.638. The average Bonchev–Trinajstić information content (AvgIpc) is 2.77. The number of carbonyl (C=O) groups excluding carboxylic acids is 2. The van der Waals surface area contributed by atoms with Crippen molar-refractivity contribution in [2.45, 2.75) is 51.0 Å². The van der Waals surface area contributed by atoms with Crippen molar-refractivity contribution < 1.29 is 19.1 Å². The van der Waals surface area contributed by atoms with E-state index in [1.54, 1.807) is 11.0 Å². The van der Waals surface area contributed by atoms with Crippen molar-refractivity contribution >= 4 is 12.1 Å². The van der Waals surface area contributed by atoms with Crippen molar-refractivity contribution in [3.05, 3.63) is 84.4 Å². The van der Waals surface area contributed by atoms with Crippen LogP contribution in [0.15, 0.2) is 73.3 Å². The molecule has 1 fully saturated rings. The third-order valence-corrected chi connectivity index (χ3v) is 5.09. The molecule has 1 heterocycles. The summed E-state index contributed by atoms with van der Waals surface area (Å²) < 4.78 is 11.1. The Labute approximate surface area is 171 Å². The summed E-state index contributed by atoms with van der Waals surface area (Å²) in [5.74, 6) is -0.390. The molecule has 1 amide bonds. The van der Waals surface area contributed by atoms with E-state index in [-0.39, 0.29) is 25.2 Å². The zero-order valence-electron chi connectivity index (χ0n) is 16.5. The van der Waals surface area contributed by atoms with E-state index in [9.17, 15) is 9.59 Å². The SMILES string of the molecule is C=CC[C@@H]1CCC[C@H](C(=O)OCc2ccccc2)N1C(=O)OCc1ccccc1. The first-order chi connectivity index (χ1) is 14.2. The van der Waals surface area contributed by atoms with Gasteiger partial charge in [0.25, 0.3) is 0 Å². The number of carbonyl (C=O) groups is 2. The van der Waals surface area contributed by atoms with Gasteiger partial charge in [-0.3, -0.25) is 4.90 Å². The molecule has 0 N–H and O–H groups in total. The van der Waals surface area contributed by atoms with Gasteiger partial charge in [-0.1, -0.05) is 66.7 Å². The fourth-order valence-electron chi connectivity index (χ4n) is 3.63. The normalized spacial score (nSPS) is 18.7. The zero-order chi connectivity index (χ0) is 20.5. The fourth-order valence-corrected chi connectivity index (χ4v) is 3.63. The second-order valence-electron chi connectivity index (χ2n) is 7.17. The fraction of sp³-hybridized carbons (Fsp3) is 0.333. The van der Waals surface area contributed by atoms with Gasteiger partial charge in [-0.2, -0.15) is 0 Å². The Kier molecular flexibility index (Phi) is 7.45. The zero-order valence-corrected chi connectivity index (χ0v) is 16.5. The Bertz CT molecular complexity index is 806. The first-order valence-electron chi connectivity index (χ1n) is 9.99. The highest BCUT2D eigenvalue weighted by molar-refractivity contribution is 5.82. The molecule has 0 saturated carbocycles. The second kappa shape index (κ2) is 10.5. The quantitative estimate of drug-likeness (QED) is 0.498. The molecule has 2 atom stereocenters. The number of hydrogen-bond donors (Lipinski definition) is 0. The first-order valence-corrected chi connectivity index (χ1v) is 9.99. The van der Waals surface area contributed by atoms with Crippen molar-refractivity contribution in [1.29, 1.82) is 0 Å². The van der Waals surface area contributed by atoms with Crippen molar-refractivity contribution in [3.63, 3.8) is 0 Å². The molecule has 5 heteroatoms. The second-order valence-corrected chi connectivity index (χ2v) is 7.17. The van der Waals surface area contributed by atoms with E-state index in [0.717, 1.165) is 24.0 Å². The van der Waals surface area contributed by atoms with Gasteiger partial charge < -0.3 is 9.47 Å². The van der Waals surface area contributed by atoms with Gasteiger partial charge in [0.05, 0.1) is 0 Å². The molecule has 0 aromatic heterocycles. The van der Waals surface area contributed by atoms with Crippen LogP contribution < -0.4 is 0 Å². The van der Waals surface area contributed by atoms with Gasteiger partial charge in [0.2, 0.25) is 0 Å². The number of amides is 1. The van der Waals surface area contributed by atoms with Crippen LogP contribution in [-0.2, 0) is 27.5 Å². The third-order valence-electron chi connectivity index (χ3n) is 5.09. The maximum absolute atomic E-state index is 12.9. The molecule has 1 aliphatic rings. The maximum Gasteiger partial charge on any atom is 0.411 e. The van der Waals surface area contributed by atoms with E-state index in [0.29, 0.717) is 12.8 Å². The highest BCUT2D eigenvalue weighted by Gasteiger charge is 2.39. The summed E-state index contributed by atoms with van der Waals surface area (Å²) in [4.78, 5) is 27.3. The molecule has 0 aliphatic carbocycles. The number of nitrogens with zero attached hydrogens (tertiary/aromatic N) is 1. The van der Waals surface area contributed by atoms with E-state index in [2.05, 4.69) is 6.58 Å². The Morgan fingerprint density at radius 2 is 1.52 bits per heavy atom. The number of benzene rings is 2. The Balaban J connectivity index is 1.67. The first kappa shape index (κ1) is 20.6. The summed E-state index contributed by atoms with van der Waals surface area (Å²) in [5.41, 5.74) is 1.82. The molecule has 3 rings (SSSR count). The van der Waals surface area contributed by atoms with Crippen LogP contribution in [0.5, 0.6) is 0 Å². The van der Waals surface area contributed by atoms with Crippen LogP contribution in [0.3, 0.4) is 0 Å². The summed E-state index contributed by atoms with van der Waals surface area (Å²) in [6.45, 7) is 4.15. The molecule has 1 saturated heterocycles. The van der Waals surface area contributed by atoms with Crippen LogP contribution in [0.4, 0.5) is 4.79 Å². The lowest BCUT2D eigenvalue weighted by Gasteiger charge is -2.39. The minimum absolute atomic E-state index is 0.112. The lowest BCUT2D eigenvalue weighted by atomic mass is 9.94. The van der Waals surface area contributed by atoms with Crippen LogP contribution >= 0.6 is 0 Å². The van der Waals surface area contributed by atoms with Gasteiger partial charge >= 0.3 is 12.1 Å². The Hall–Kier alpha value is -3.08. The van der Waals surface area contributed by atoms with Gasteiger partial charge in [0.15, 0.2) is 0 Å². The largest absolute Gasteiger partial charge is 0.459 e. The highest BCUT2D eigenvalue weighted by Crippen LogP contribution is 2.27. The van der Waals surface area contributed by atoms with E-state index in [4.69, 9.17) is 9.47 Å². The number of rotatable bonds is 7. The van der Waals surface area contributed by atoms with Crippen molar-refractivity contribution in [2.75, 3.05) is 0 Å². The number of piperidine rings is 1. The summed E-state index contributed by atoms with van der Waals surface area (Å²) >= 11 is 0. The molecule has 1 aliphatic heterocycles. The molecule has 2 aromatic rings. The Morgan fingerprint density at radius 1 is 0.931 bits per heavy atom. The van der Waals surface area contributed by atoms with Crippen molar-refractivity contribution in [3.8, 4) is 0 Å². The molecule has 2 aromatic carbocycles. The molecule has 29 heavy (non-hydrogen) atoms. The van der Waals surface area contributed by atoms with Crippen LogP contribution in [0.2, 0.25) is 0 Å². The number of hydrogen-bond acceptors (Lipinski definition) is 4. The smallest absolute Gasteiger partial charge is 0.411 e. The molecule has 0 radical (unpaired) electrons. The van der Waals surface area contributed by atoms with E-state index in [1.807, 2.05) is 60.7 Å². The van der Waals surface area contributed by atoms with E-state index < -0.39 is 12.1 Å². The summed E-state index contributed by atoms with van der Waals surface area (Å²) in [5, 5.41) is 0. The van der Waals surface area contributed by atoms with Gasteiger partial charge in [-0.25, -0.2) is 9.59 Å². The Morgan fingerprint density at radius 3 is 2.10 bits per heavy atom. The monoisotopic (exact) mass is 393 g/mol. The van der Waals surface area contributed by atoms with Crippen LogP contribution in [0.1, 0.15) is 36.8 Å². The molecule has 0 spiro atoms. The topological polar surface area (TPSA) is 55.8 Å². The van der Waals surface area contributed by atoms with Gasteiger partial charge in [0.1, 0.15) is 19.3 Å². The van der Waals surface area contributed by atoms with E-state index >= 15 is 0 Å². The highest BCUT2D eigenvalue weighted by atomic mass is 16.6. The van der Waals surface area contributed by atoms with E-state index in [1.165, 1.54) is 0 Å². The number of likely N-dealkylation sites (tertiary alicyclic amines) is 1. The van der Waals surface area contributed by atoms with Gasteiger partial charge in [0, 0.05) is 6.04 Å². The standard InChI is InChI=1S/C24H27NO4/c1-2-10-21-15-9-16-22(23(26)28-17-19-11-5-3-6-12-19)25(21)24(27)29-18-20-13-7-4-8-14-20/h2-8,11-14,21-22H,1,9-10,15-18H2/t21-,22-/m1/s1. The average molecular weight is 393 g/mol. The maximum atomic E-state index is 12.9. The van der Waals surface area contributed by atoms with Gasteiger partial charge in [-0.15, -0.1) is 6.58 Å². The lowest BCUT2D eigenvalue weighted by molar-refractivity contribution is -0.153. The summed E-state index contributed by atoms with van der Waals surface area (Å²) in [6.07, 6.45) is 4.15.